The van der Waals surface area contributed by atoms with Crippen LogP contribution in [0.25, 0.3) is 99.5 Å². The van der Waals surface area contributed by atoms with E-state index in [1.807, 2.05) is 0 Å². The van der Waals surface area contributed by atoms with Crippen LogP contribution in [0.2, 0.25) is 0 Å². The lowest BCUT2D eigenvalue weighted by atomic mass is 9.69. The van der Waals surface area contributed by atoms with Crippen molar-refractivity contribution in [1.82, 2.24) is 0 Å². The Kier molecular flexibility index (Phi) is 10.3. The Morgan fingerprint density at radius 1 is 0.360 bits per heavy atom. The van der Waals surface area contributed by atoms with Gasteiger partial charge in [-0.2, -0.15) is 0 Å². The third-order valence-electron chi connectivity index (χ3n) is 21.2. The Hall–Kier alpha value is -9.70. The first-order valence-corrected chi connectivity index (χ1v) is 32.0. The molecule has 3 heterocycles. The van der Waals surface area contributed by atoms with Gasteiger partial charge >= 0.3 is 0 Å². The van der Waals surface area contributed by atoms with Gasteiger partial charge in [-0.05, 0) is 206 Å². The molecule has 4 aliphatic carbocycles. The summed E-state index contributed by atoms with van der Waals surface area (Å²) in [4.78, 5) is 5.06. The second kappa shape index (κ2) is 17.5. The number of fused-ring (bicyclic) bond motifs is 15. The second-order valence-electron chi connectivity index (χ2n) is 29.6. The van der Waals surface area contributed by atoms with E-state index >= 15 is 0 Å². The van der Waals surface area contributed by atoms with Gasteiger partial charge in [-0.1, -0.05) is 228 Å². The van der Waals surface area contributed by atoms with Crippen molar-refractivity contribution in [1.29, 1.82) is 0 Å². The predicted octanol–water partition coefficient (Wildman–Crippen LogP) is 23.8. The van der Waals surface area contributed by atoms with Gasteiger partial charge in [0.15, 0.2) is 5.58 Å². The summed E-state index contributed by atoms with van der Waals surface area (Å²) >= 11 is 0. The van der Waals surface area contributed by atoms with Crippen molar-refractivity contribution >= 4 is 66.8 Å². The number of rotatable bonds is 4. The molecule has 430 valence electrons. The van der Waals surface area contributed by atoms with E-state index in [2.05, 4.69) is 310 Å². The summed E-state index contributed by atoms with van der Waals surface area (Å²) in [6, 6.07) is 87.4. The van der Waals surface area contributed by atoms with Gasteiger partial charge in [-0.15, -0.1) is 0 Å². The molecule has 8 bridgehead atoms. The normalized spacial score (nSPS) is 15.9. The number of nitrogens with zero attached hydrogens (tertiary/aromatic N) is 2. The zero-order chi connectivity index (χ0) is 60.6. The predicted molar refractivity (Wildman–Crippen MR) is 374 cm³/mol. The first-order valence-electron chi connectivity index (χ1n) is 32.0. The molecule has 89 heavy (non-hydrogen) atoms. The summed E-state index contributed by atoms with van der Waals surface area (Å²) in [5.74, 6) is 0. The third-order valence-corrected chi connectivity index (χ3v) is 21.2. The fourth-order valence-corrected chi connectivity index (χ4v) is 16.8. The van der Waals surface area contributed by atoms with Crippen molar-refractivity contribution in [3.8, 4) is 66.8 Å². The number of anilines is 6. The summed E-state index contributed by atoms with van der Waals surface area (Å²) < 4.78 is 7.32. The lowest BCUT2D eigenvalue weighted by Crippen LogP contribution is -2.27. The van der Waals surface area contributed by atoms with E-state index in [1.54, 1.807) is 0 Å². The van der Waals surface area contributed by atoms with E-state index in [0.717, 1.165) is 50.4 Å². The van der Waals surface area contributed by atoms with Gasteiger partial charge in [-0.25, -0.2) is 0 Å². The van der Waals surface area contributed by atoms with Crippen LogP contribution < -0.4 is 9.80 Å². The van der Waals surface area contributed by atoms with Gasteiger partial charge in [0.05, 0.1) is 16.8 Å². The molecule has 13 aromatic rings. The molecule has 3 heteroatoms. The number of hydrogen-bond acceptors (Lipinski definition) is 3. The first-order chi connectivity index (χ1) is 42.8. The molecule has 0 radical (unpaired) electrons. The molecule has 1 atom stereocenters. The zero-order valence-corrected chi connectivity index (χ0v) is 52.7. The number of furan rings is 1. The molecule has 1 spiro atoms. The van der Waals surface area contributed by atoms with Crippen LogP contribution in [0.5, 0.6) is 0 Å². The molecule has 1 aromatic heterocycles. The smallest absolute Gasteiger partial charge is 0.159 e. The Bertz CT molecular complexity index is 5280. The third kappa shape index (κ3) is 6.94. The van der Waals surface area contributed by atoms with E-state index < -0.39 is 5.41 Å². The minimum atomic E-state index is -0.752. The van der Waals surface area contributed by atoms with Crippen molar-refractivity contribution in [3.05, 3.63) is 275 Å². The number of para-hydroxylation sites is 2. The lowest BCUT2D eigenvalue weighted by molar-refractivity contribution is 0.573. The standard InChI is InChI=1S/C86H70N2O/c1-82(2,3)49-31-36-53(37-32-49)88(75-30-18-24-63-62-23-16-28-70(84(7,8)9)80(62)89-81(63)75)55-41-44-58-57-43-40-54-46-71(57)86(72(58)47-55)68-26-13-12-19-64(68)77-65-25-14-20-59-56-42-35-51(45-66(56)67(76(59)65)48-73(77)86)85(10,11)50-33-38-52(39-34-50)87(54)74-29-17-22-61-60-21-15-27-69(83(4,5)6)78(60)79(61)74/h12-48H,1-11H3. The van der Waals surface area contributed by atoms with E-state index in [9.17, 15) is 0 Å². The quantitative estimate of drug-likeness (QED) is 0.175. The second-order valence-corrected chi connectivity index (χ2v) is 29.6. The Balaban J connectivity index is 0.956. The van der Waals surface area contributed by atoms with Crippen molar-refractivity contribution in [2.75, 3.05) is 9.80 Å². The monoisotopic (exact) mass is 1150 g/mol. The Morgan fingerprint density at radius 3 is 1.72 bits per heavy atom. The van der Waals surface area contributed by atoms with Gasteiger partial charge in [0, 0.05) is 50.1 Å². The van der Waals surface area contributed by atoms with Crippen LogP contribution in [0.1, 0.15) is 126 Å². The highest BCUT2D eigenvalue weighted by Gasteiger charge is 2.54. The van der Waals surface area contributed by atoms with Crippen LogP contribution in [-0.2, 0) is 27.1 Å². The van der Waals surface area contributed by atoms with Crippen LogP contribution in [0.4, 0.5) is 34.1 Å². The van der Waals surface area contributed by atoms with Crippen molar-refractivity contribution < 1.29 is 4.42 Å². The molecule has 0 saturated carbocycles. The maximum atomic E-state index is 7.32. The lowest BCUT2D eigenvalue weighted by Gasteiger charge is -2.38. The summed E-state index contributed by atoms with van der Waals surface area (Å²) in [5, 5.41) is 4.89. The van der Waals surface area contributed by atoms with Crippen LogP contribution in [0, 0.1) is 0 Å². The van der Waals surface area contributed by atoms with Crippen LogP contribution in [-0.4, -0.2) is 0 Å². The molecule has 0 amide bonds. The first kappa shape index (κ1) is 52.4. The van der Waals surface area contributed by atoms with Crippen LogP contribution in [0.3, 0.4) is 0 Å². The average molecular weight is 1150 g/mol. The Morgan fingerprint density at radius 2 is 0.955 bits per heavy atom. The van der Waals surface area contributed by atoms with Gasteiger partial charge in [-0.3, -0.25) is 0 Å². The molecular formula is C86H70N2O. The largest absolute Gasteiger partial charge is 0.454 e. The van der Waals surface area contributed by atoms with E-state index in [-0.39, 0.29) is 21.7 Å². The summed E-state index contributed by atoms with van der Waals surface area (Å²) in [6.45, 7) is 25.6. The van der Waals surface area contributed by atoms with Crippen LogP contribution in [0.15, 0.2) is 229 Å². The summed E-state index contributed by atoms with van der Waals surface area (Å²) in [5.41, 5.74) is 34.4. The fourth-order valence-electron chi connectivity index (χ4n) is 16.8. The topological polar surface area (TPSA) is 19.6 Å². The fraction of sp³-hybridized carbons (Fsp3) is 0.186. The highest BCUT2D eigenvalue weighted by atomic mass is 16.3. The van der Waals surface area contributed by atoms with E-state index in [1.165, 1.54) is 133 Å². The minimum absolute atomic E-state index is 0.0277. The SMILES string of the molecule is CC(C)(C)c1ccc(N(c2ccc3c(c2)C24c5cc(ccc5-3)N(c3cccc5c3-c3c-5cccc3C(C)(C)C)c3ccc(cc3)C(C)(C)c3ccc5c(c3)-c3cc2c(c2cccc-5c32)-c2ccccc24)c2cccc3c2oc2c(C(C)(C)C)cccc23)cc1. The molecule has 3 nitrogen and oxygen atoms in total. The molecular weight excluding hydrogens is 1080 g/mol. The van der Waals surface area contributed by atoms with Crippen molar-refractivity contribution in [2.45, 2.75) is 103 Å². The molecule has 2 aliphatic heterocycles. The molecule has 0 saturated heterocycles. The maximum absolute atomic E-state index is 7.32. The van der Waals surface area contributed by atoms with E-state index in [0.29, 0.717) is 0 Å². The Labute approximate surface area is 522 Å². The van der Waals surface area contributed by atoms with Gasteiger partial charge in [0.25, 0.3) is 0 Å². The molecule has 0 N–H and O–H groups in total. The molecule has 1 unspecified atom stereocenters. The van der Waals surface area contributed by atoms with Gasteiger partial charge < -0.3 is 14.2 Å². The van der Waals surface area contributed by atoms with Crippen molar-refractivity contribution in [2.24, 2.45) is 0 Å². The number of benzene rings is 12. The minimum Gasteiger partial charge on any atom is -0.454 e. The number of hydrogen-bond donors (Lipinski definition) is 0. The molecule has 12 aromatic carbocycles. The molecule has 19 rings (SSSR count). The van der Waals surface area contributed by atoms with Gasteiger partial charge in [0.1, 0.15) is 5.58 Å². The van der Waals surface area contributed by atoms with E-state index in [4.69, 9.17) is 4.42 Å². The highest BCUT2D eigenvalue weighted by Crippen LogP contribution is 2.68. The average Bonchev–Trinajstić information content (AvgIpc) is 1.53. The maximum Gasteiger partial charge on any atom is 0.159 e. The summed E-state index contributed by atoms with van der Waals surface area (Å²) in [6.07, 6.45) is 0. The molecule has 6 aliphatic rings. The summed E-state index contributed by atoms with van der Waals surface area (Å²) in [7, 11) is 0. The van der Waals surface area contributed by atoms with Crippen molar-refractivity contribution in [3.63, 3.8) is 0 Å². The molecule has 0 fully saturated rings. The highest BCUT2D eigenvalue weighted by molar-refractivity contribution is 6.22. The van der Waals surface area contributed by atoms with Gasteiger partial charge in [0.2, 0.25) is 0 Å². The zero-order valence-electron chi connectivity index (χ0n) is 52.7. The van der Waals surface area contributed by atoms with Crippen LogP contribution >= 0.6 is 0 Å².